The summed E-state index contributed by atoms with van der Waals surface area (Å²) in [5.74, 6) is 0. The van der Waals surface area contributed by atoms with E-state index >= 15 is 0 Å². The van der Waals surface area contributed by atoms with Gasteiger partial charge in [-0.2, -0.15) is 0 Å². The molecule has 0 saturated carbocycles. The monoisotopic (exact) mass is 1030 g/mol. The lowest BCUT2D eigenvalue weighted by atomic mass is 9.36. The average molecular weight is 1030 g/mol. The van der Waals surface area contributed by atoms with E-state index in [1.165, 1.54) is 142 Å². The maximum atomic E-state index is 2.68. The molecular formula is C74H71BN2S. The number of aryl methyl sites for hydroxylation is 1. The van der Waals surface area contributed by atoms with Crippen LogP contribution >= 0.6 is 11.3 Å². The molecule has 0 bridgehead atoms. The van der Waals surface area contributed by atoms with Crippen LogP contribution in [0, 0.1) is 0 Å². The molecule has 0 N–H and O–H groups in total. The van der Waals surface area contributed by atoms with Crippen molar-refractivity contribution >= 4 is 110 Å². The zero-order valence-corrected chi connectivity index (χ0v) is 48.7. The van der Waals surface area contributed by atoms with Gasteiger partial charge in [0.15, 0.2) is 0 Å². The summed E-state index contributed by atoms with van der Waals surface area (Å²) in [6, 6.07) is 70.9. The van der Waals surface area contributed by atoms with E-state index in [4.69, 9.17) is 0 Å². The molecule has 0 radical (unpaired) electrons. The van der Waals surface area contributed by atoms with Crippen molar-refractivity contribution in [1.29, 1.82) is 0 Å². The van der Waals surface area contributed by atoms with E-state index in [1.807, 2.05) is 11.3 Å². The molecule has 386 valence electrons. The number of benzene rings is 10. The molecule has 2 aliphatic heterocycles. The van der Waals surface area contributed by atoms with Crippen LogP contribution in [0.1, 0.15) is 118 Å². The molecule has 13 rings (SSSR count). The maximum Gasteiger partial charge on any atom is 0.264 e. The molecule has 0 amide bonds. The van der Waals surface area contributed by atoms with Crippen molar-refractivity contribution < 1.29 is 0 Å². The van der Waals surface area contributed by atoms with Gasteiger partial charge in [0.05, 0.1) is 17.1 Å². The number of hydrogen-bond donors (Lipinski definition) is 0. The van der Waals surface area contributed by atoms with Crippen LogP contribution in [0.2, 0.25) is 0 Å². The molecule has 78 heavy (non-hydrogen) atoms. The molecule has 0 saturated heterocycles. The van der Waals surface area contributed by atoms with Gasteiger partial charge in [0.25, 0.3) is 6.71 Å². The molecule has 3 heterocycles. The molecule has 0 spiro atoms. The molecule has 2 aliphatic rings. The molecule has 1 aromatic heterocycles. The normalized spacial score (nSPS) is 13.7. The van der Waals surface area contributed by atoms with Gasteiger partial charge < -0.3 is 9.80 Å². The lowest BCUT2D eigenvalue weighted by Gasteiger charge is -2.44. The van der Waals surface area contributed by atoms with Crippen LogP contribution in [-0.2, 0) is 28.1 Å². The largest absolute Gasteiger partial charge is 0.311 e. The standard InChI is InChI=1S/C74H71BN2S/c1-14-45-30-35-64-61(38-45)75-68-65(76(64)63-36-32-48(71(2,3)4)43-58(63)46-31-34-57-55-25-16-15-23-53(55)54-24-17-18-26-56(54)59(57)41-46)28-21-29-66(68)77(69-60-44-49(72(5,6)7)33-37-67(60)78-70(69)75)62-27-20-19-22-52(62)47-39-50(73(8,9)10)42-51(40-47)74(11,12)13/h15-44H,14H2,1-13H3. The summed E-state index contributed by atoms with van der Waals surface area (Å²) in [5, 5.41) is 9.04. The van der Waals surface area contributed by atoms with E-state index in [1.54, 1.807) is 0 Å². The number of hydrogen-bond acceptors (Lipinski definition) is 3. The molecule has 0 fully saturated rings. The first-order valence-corrected chi connectivity index (χ1v) is 29.2. The van der Waals surface area contributed by atoms with E-state index in [9.17, 15) is 0 Å². The first kappa shape index (κ1) is 50.1. The average Bonchev–Trinajstić information content (AvgIpc) is 4.02. The minimum Gasteiger partial charge on any atom is -0.311 e. The molecule has 0 atom stereocenters. The van der Waals surface area contributed by atoms with Crippen molar-refractivity contribution in [2.24, 2.45) is 0 Å². The van der Waals surface area contributed by atoms with Crippen LogP contribution in [0.3, 0.4) is 0 Å². The minimum absolute atomic E-state index is 0.0113. The molecular weight excluding hydrogens is 960 g/mol. The van der Waals surface area contributed by atoms with Crippen molar-refractivity contribution in [3.05, 3.63) is 210 Å². The fraction of sp³-hybridized carbons (Fsp3) is 0.243. The number of rotatable bonds is 5. The van der Waals surface area contributed by atoms with E-state index in [0.717, 1.165) is 6.42 Å². The van der Waals surface area contributed by atoms with Crippen molar-refractivity contribution in [2.45, 2.75) is 118 Å². The zero-order valence-electron chi connectivity index (χ0n) is 47.9. The maximum absolute atomic E-state index is 2.68. The highest BCUT2D eigenvalue weighted by Gasteiger charge is 2.46. The zero-order chi connectivity index (χ0) is 54.4. The third-order valence-corrected chi connectivity index (χ3v) is 18.4. The lowest BCUT2D eigenvalue weighted by molar-refractivity contribution is 0.569. The second kappa shape index (κ2) is 17.8. The minimum atomic E-state index is -0.0712. The molecule has 11 aromatic rings. The van der Waals surface area contributed by atoms with Crippen LogP contribution < -0.4 is 25.5 Å². The Bertz CT molecular complexity index is 4190. The van der Waals surface area contributed by atoms with E-state index in [-0.39, 0.29) is 28.4 Å². The molecule has 10 aromatic carbocycles. The van der Waals surface area contributed by atoms with Gasteiger partial charge in [0.2, 0.25) is 0 Å². The number of anilines is 6. The van der Waals surface area contributed by atoms with Crippen LogP contribution in [0.25, 0.3) is 64.7 Å². The summed E-state index contributed by atoms with van der Waals surface area (Å²) >= 11 is 1.99. The van der Waals surface area contributed by atoms with Crippen LogP contribution in [0.15, 0.2) is 182 Å². The predicted molar refractivity (Wildman–Crippen MR) is 343 cm³/mol. The summed E-state index contributed by atoms with van der Waals surface area (Å²) in [7, 11) is 0. The fourth-order valence-electron chi connectivity index (χ4n) is 12.7. The van der Waals surface area contributed by atoms with Crippen LogP contribution in [-0.4, -0.2) is 6.71 Å². The number of para-hydroxylation sites is 1. The predicted octanol–water partition coefficient (Wildman–Crippen LogP) is 19.5. The van der Waals surface area contributed by atoms with Gasteiger partial charge in [-0.3, -0.25) is 0 Å². The van der Waals surface area contributed by atoms with Gasteiger partial charge >= 0.3 is 0 Å². The summed E-state index contributed by atoms with van der Waals surface area (Å²) in [5.41, 5.74) is 21.6. The van der Waals surface area contributed by atoms with Crippen molar-refractivity contribution in [2.75, 3.05) is 9.80 Å². The molecule has 2 nitrogen and oxygen atoms in total. The Balaban J connectivity index is 1.11. The van der Waals surface area contributed by atoms with Gasteiger partial charge in [-0.15, -0.1) is 11.3 Å². The highest BCUT2D eigenvalue weighted by Crippen LogP contribution is 2.52. The Morgan fingerprint density at radius 2 is 0.897 bits per heavy atom. The third kappa shape index (κ3) is 8.03. The van der Waals surface area contributed by atoms with Crippen LogP contribution in [0.5, 0.6) is 0 Å². The SMILES string of the molecule is CCc1ccc2c(c1)B1c3sc4ccc(C(C)(C)C)cc4c3N(c3ccccc3-c3cc(C(C)(C)C)cc(C(C)(C)C)c3)c3cccc(c31)N2c1ccc(C(C)(C)C)cc1-c1ccc2c3ccccc3c3ccccc3c2c1. The third-order valence-electron chi connectivity index (χ3n) is 17.2. The Labute approximate surface area is 467 Å². The van der Waals surface area contributed by atoms with Gasteiger partial charge in [-0.1, -0.05) is 217 Å². The van der Waals surface area contributed by atoms with Crippen molar-refractivity contribution in [3.8, 4) is 22.3 Å². The first-order valence-electron chi connectivity index (χ1n) is 28.3. The molecule has 4 heteroatoms. The number of thiophene rings is 1. The highest BCUT2D eigenvalue weighted by molar-refractivity contribution is 7.33. The van der Waals surface area contributed by atoms with Gasteiger partial charge in [0.1, 0.15) is 0 Å². The van der Waals surface area contributed by atoms with Gasteiger partial charge in [0, 0.05) is 43.1 Å². The second-order valence-electron chi connectivity index (χ2n) is 26.5. The topological polar surface area (TPSA) is 6.48 Å². The Hall–Kier alpha value is -7.40. The van der Waals surface area contributed by atoms with Crippen molar-refractivity contribution in [3.63, 3.8) is 0 Å². The Morgan fingerprint density at radius 1 is 0.372 bits per heavy atom. The van der Waals surface area contributed by atoms with E-state index in [2.05, 4.69) is 282 Å². The summed E-state index contributed by atoms with van der Waals surface area (Å²) in [6.07, 6.45) is 0.956. The lowest BCUT2D eigenvalue weighted by Crippen LogP contribution is -2.60. The van der Waals surface area contributed by atoms with Gasteiger partial charge in [-0.05, 0) is 165 Å². The molecule has 0 aliphatic carbocycles. The number of fused-ring (bicyclic) bond motifs is 12. The highest BCUT2D eigenvalue weighted by atomic mass is 32.1. The summed E-state index contributed by atoms with van der Waals surface area (Å²) in [6.45, 7) is 30.5. The van der Waals surface area contributed by atoms with Crippen LogP contribution in [0.4, 0.5) is 34.1 Å². The molecule has 0 unspecified atom stereocenters. The van der Waals surface area contributed by atoms with E-state index in [0.29, 0.717) is 0 Å². The smallest absolute Gasteiger partial charge is 0.264 e. The summed E-state index contributed by atoms with van der Waals surface area (Å²) in [4.78, 5) is 5.32. The van der Waals surface area contributed by atoms with E-state index < -0.39 is 0 Å². The Morgan fingerprint density at radius 3 is 1.53 bits per heavy atom. The second-order valence-corrected chi connectivity index (χ2v) is 27.6. The van der Waals surface area contributed by atoms with Crippen molar-refractivity contribution in [1.82, 2.24) is 0 Å². The summed E-state index contributed by atoms with van der Waals surface area (Å²) < 4.78 is 2.72. The number of nitrogens with zero attached hydrogens (tertiary/aromatic N) is 2. The first-order chi connectivity index (χ1) is 37.2. The van der Waals surface area contributed by atoms with Gasteiger partial charge in [-0.25, -0.2) is 0 Å². The quantitative estimate of drug-likeness (QED) is 0.125. The Kier molecular flexibility index (Phi) is 11.5. The fourth-order valence-corrected chi connectivity index (χ4v) is 14.0.